The zero-order valence-corrected chi connectivity index (χ0v) is 19.1. The fraction of sp³-hybridized carbons (Fsp3) is 0.550. The first-order chi connectivity index (χ1) is 13.8. The minimum Gasteiger partial charge on any atom is -0.477 e. The van der Waals surface area contributed by atoms with Crippen LogP contribution in [0, 0.1) is 5.92 Å². The van der Waals surface area contributed by atoms with Gasteiger partial charge in [0.1, 0.15) is 6.26 Å². The highest BCUT2D eigenvalue weighted by Gasteiger charge is 2.22. The van der Waals surface area contributed by atoms with Gasteiger partial charge in [-0.1, -0.05) is 11.2 Å². The van der Waals surface area contributed by atoms with E-state index in [0.29, 0.717) is 12.4 Å². The Bertz CT molecular complexity index is 756. The van der Waals surface area contributed by atoms with Crippen molar-refractivity contribution in [1.29, 1.82) is 0 Å². The smallest absolute Gasteiger partial charge is 0.213 e. The Morgan fingerprint density at radius 1 is 1.24 bits per heavy atom. The second-order valence-corrected chi connectivity index (χ2v) is 7.41. The number of nitrogens with one attached hydrogen (secondary N) is 1. The maximum absolute atomic E-state index is 5.70. The molecule has 1 saturated carbocycles. The average Bonchev–Trinajstić information content (AvgIpc) is 3.43. The molecule has 158 valence electrons. The molecule has 1 saturated heterocycles. The van der Waals surface area contributed by atoms with Crippen molar-refractivity contribution in [3.05, 3.63) is 41.9 Å². The summed E-state index contributed by atoms with van der Waals surface area (Å²) in [7, 11) is 1.83. The monoisotopic (exact) mass is 512 g/mol. The summed E-state index contributed by atoms with van der Waals surface area (Å²) in [4.78, 5) is 13.5. The van der Waals surface area contributed by atoms with Gasteiger partial charge < -0.3 is 19.5 Å². The van der Waals surface area contributed by atoms with Gasteiger partial charge in [-0.15, -0.1) is 24.0 Å². The highest BCUT2D eigenvalue weighted by atomic mass is 127. The molecule has 8 nitrogen and oxygen atoms in total. The maximum atomic E-state index is 5.70. The van der Waals surface area contributed by atoms with Crippen molar-refractivity contribution in [2.45, 2.75) is 25.9 Å². The molecule has 3 heterocycles. The van der Waals surface area contributed by atoms with E-state index in [4.69, 9.17) is 9.26 Å². The fourth-order valence-corrected chi connectivity index (χ4v) is 3.27. The zero-order chi connectivity index (χ0) is 19.2. The molecule has 1 N–H and O–H groups in total. The van der Waals surface area contributed by atoms with Gasteiger partial charge in [0.15, 0.2) is 5.96 Å². The lowest BCUT2D eigenvalue weighted by Crippen LogP contribution is -2.52. The molecule has 0 amide bonds. The maximum Gasteiger partial charge on any atom is 0.213 e. The van der Waals surface area contributed by atoms with Crippen LogP contribution in [0.2, 0.25) is 0 Å². The van der Waals surface area contributed by atoms with Gasteiger partial charge in [-0.3, -0.25) is 9.89 Å². The number of pyridine rings is 1. The molecule has 1 aliphatic heterocycles. The van der Waals surface area contributed by atoms with Crippen LogP contribution in [0.25, 0.3) is 0 Å². The van der Waals surface area contributed by atoms with E-state index in [1.807, 2.05) is 25.4 Å². The third-order valence-electron chi connectivity index (χ3n) is 5.17. The van der Waals surface area contributed by atoms with E-state index >= 15 is 0 Å². The van der Waals surface area contributed by atoms with Crippen LogP contribution in [0.3, 0.4) is 0 Å². The second kappa shape index (κ2) is 10.8. The molecule has 29 heavy (non-hydrogen) atoms. The van der Waals surface area contributed by atoms with Crippen LogP contribution in [0.15, 0.2) is 40.2 Å². The van der Waals surface area contributed by atoms with Gasteiger partial charge in [0.2, 0.25) is 5.88 Å². The molecular weight excluding hydrogens is 483 g/mol. The summed E-state index contributed by atoms with van der Waals surface area (Å²) in [5.41, 5.74) is 2.10. The molecule has 0 bridgehead atoms. The normalized spacial score (nSPS) is 17.7. The van der Waals surface area contributed by atoms with Crippen LogP contribution in [0.1, 0.15) is 24.1 Å². The number of piperazine rings is 1. The summed E-state index contributed by atoms with van der Waals surface area (Å²) in [6.07, 6.45) is 6.07. The van der Waals surface area contributed by atoms with Gasteiger partial charge in [-0.25, -0.2) is 4.98 Å². The second-order valence-electron chi connectivity index (χ2n) is 7.41. The van der Waals surface area contributed by atoms with Crippen LogP contribution in [-0.4, -0.2) is 65.7 Å². The largest absolute Gasteiger partial charge is 0.477 e. The van der Waals surface area contributed by atoms with Gasteiger partial charge in [-0.05, 0) is 24.3 Å². The quantitative estimate of drug-likeness (QED) is 0.347. The topological polar surface area (TPSA) is 79.0 Å². The van der Waals surface area contributed by atoms with E-state index in [-0.39, 0.29) is 24.0 Å². The summed E-state index contributed by atoms with van der Waals surface area (Å²) in [6, 6.07) is 5.93. The molecule has 2 aromatic heterocycles. The summed E-state index contributed by atoms with van der Waals surface area (Å²) in [5.74, 6) is 2.38. The summed E-state index contributed by atoms with van der Waals surface area (Å²) in [6.45, 7) is 6.14. The van der Waals surface area contributed by atoms with Gasteiger partial charge in [0.25, 0.3) is 0 Å². The number of ether oxygens (including phenoxy) is 1. The lowest BCUT2D eigenvalue weighted by Gasteiger charge is -2.36. The van der Waals surface area contributed by atoms with Gasteiger partial charge >= 0.3 is 0 Å². The molecule has 4 rings (SSSR count). The minimum absolute atomic E-state index is 0. The van der Waals surface area contributed by atoms with E-state index in [1.54, 1.807) is 6.26 Å². The predicted octanol–water partition coefficient (Wildman–Crippen LogP) is 2.37. The Morgan fingerprint density at radius 2 is 2.07 bits per heavy atom. The Labute approximate surface area is 188 Å². The zero-order valence-electron chi connectivity index (χ0n) is 16.8. The Morgan fingerprint density at radius 3 is 2.69 bits per heavy atom. The number of halogens is 1. The molecule has 9 heteroatoms. The number of rotatable bonds is 7. The molecule has 2 fully saturated rings. The lowest BCUT2D eigenvalue weighted by atomic mass is 10.2. The SMILES string of the molecule is CN=C(NCc1ccc(OCC2CC2)nc1)N1CCN(Cc2ccon2)CC1.I. The third-order valence-corrected chi connectivity index (χ3v) is 5.17. The molecule has 1 aliphatic carbocycles. The van der Waals surface area contributed by atoms with Crippen molar-refractivity contribution in [2.75, 3.05) is 39.8 Å². The molecule has 0 spiro atoms. The van der Waals surface area contributed by atoms with E-state index in [2.05, 4.69) is 36.3 Å². The average molecular weight is 512 g/mol. The Kier molecular flexibility index (Phi) is 8.10. The summed E-state index contributed by atoms with van der Waals surface area (Å²) >= 11 is 0. The van der Waals surface area contributed by atoms with Gasteiger partial charge in [0, 0.05) is 64.6 Å². The predicted molar refractivity (Wildman–Crippen MR) is 121 cm³/mol. The molecule has 0 unspecified atom stereocenters. The van der Waals surface area contributed by atoms with Crippen molar-refractivity contribution < 1.29 is 9.26 Å². The van der Waals surface area contributed by atoms with Crippen molar-refractivity contribution in [2.24, 2.45) is 10.9 Å². The van der Waals surface area contributed by atoms with Crippen LogP contribution in [0.4, 0.5) is 0 Å². The van der Waals surface area contributed by atoms with Gasteiger partial charge in [0.05, 0.1) is 12.3 Å². The van der Waals surface area contributed by atoms with Crippen LogP contribution >= 0.6 is 24.0 Å². The van der Waals surface area contributed by atoms with Crippen molar-refractivity contribution in [1.82, 2.24) is 25.3 Å². The van der Waals surface area contributed by atoms with Crippen molar-refractivity contribution >= 4 is 29.9 Å². The molecular formula is C20H29IN6O2. The van der Waals surface area contributed by atoms with E-state index < -0.39 is 0 Å². The number of hydrogen-bond acceptors (Lipinski definition) is 6. The van der Waals surface area contributed by atoms with E-state index in [0.717, 1.165) is 62.5 Å². The Hall–Kier alpha value is -1.88. The van der Waals surface area contributed by atoms with Crippen LogP contribution in [0.5, 0.6) is 5.88 Å². The summed E-state index contributed by atoms with van der Waals surface area (Å²) in [5, 5.41) is 7.44. The first-order valence-electron chi connectivity index (χ1n) is 9.95. The summed E-state index contributed by atoms with van der Waals surface area (Å²) < 4.78 is 10.6. The number of guanidine groups is 1. The van der Waals surface area contributed by atoms with E-state index in [1.165, 1.54) is 12.8 Å². The minimum atomic E-state index is 0. The number of nitrogens with zero attached hydrogens (tertiary/aromatic N) is 5. The highest BCUT2D eigenvalue weighted by Crippen LogP contribution is 2.29. The van der Waals surface area contributed by atoms with Crippen molar-refractivity contribution in [3.8, 4) is 5.88 Å². The van der Waals surface area contributed by atoms with Gasteiger partial charge in [-0.2, -0.15) is 0 Å². The van der Waals surface area contributed by atoms with Crippen LogP contribution < -0.4 is 10.1 Å². The molecule has 0 radical (unpaired) electrons. The number of aliphatic imine (C=N–C) groups is 1. The standard InChI is InChI=1S/C20H28N6O2.HI/c1-21-20(26-9-7-25(8-10-26)14-18-6-11-28-24-18)23-13-17-4-5-19(22-12-17)27-15-16-2-3-16;/h4-6,11-12,16H,2-3,7-10,13-15H2,1H3,(H,21,23);1H. The number of hydrogen-bond donors (Lipinski definition) is 1. The first-order valence-corrected chi connectivity index (χ1v) is 9.95. The number of aromatic nitrogens is 2. The Balaban J connectivity index is 0.00000240. The van der Waals surface area contributed by atoms with Crippen LogP contribution in [-0.2, 0) is 13.1 Å². The third kappa shape index (κ3) is 6.56. The molecule has 0 atom stereocenters. The molecule has 2 aliphatic rings. The first kappa shape index (κ1) is 21.8. The van der Waals surface area contributed by atoms with E-state index in [9.17, 15) is 0 Å². The lowest BCUT2D eigenvalue weighted by molar-refractivity contribution is 0.169. The highest BCUT2D eigenvalue weighted by molar-refractivity contribution is 14.0. The fourth-order valence-electron chi connectivity index (χ4n) is 3.27. The van der Waals surface area contributed by atoms with Crippen molar-refractivity contribution in [3.63, 3.8) is 0 Å². The molecule has 0 aromatic carbocycles. The molecule has 2 aromatic rings.